The highest BCUT2D eigenvalue weighted by Gasteiger charge is 2.26. The van der Waals surface area contributed by atoms with E-state index >= 15 is 0 Å². The first-order valence-corrected chi connectivity index (χ1v) is 4.63. The van der Waals surface area contributed by atoms with Gasteiger partial charge in [-0.1, -0.05) is 23.7 Å². The maximum absolute atomic E-state index is 10.9. The van der Waals surface area contributed by atoms with E-state index < -0.39 is 18.2 Å². The molecule has 5 heteroatoms. The Morgan fingerprint density at radius 2 is 1.87 bits per heavy atom. The van der Waals surface area contributed by atoms with E-state index in [-0.39, 0.29) is 0 Å². The number of carbonyl (C=O) groups is 1. The van der Waals surface area contributed by atoms with Gasteiger partial charge in [-0.15, -0.1) is 0 Å². The Bertz CT molecular complexity index is 336. The summed E-state index contributed by atoms with van der Waals surface area (Å²) < 4.78 is 4.30. The van der Waals surface area contributed by atoms with Crippen LogP contribution in [0.15, 0.2) is 24.3 Å². The van der Waals surface area contributed by atoms with E-state index in [1.165, 1.54) is 12.1 Å². The lowest BCUT2D eigenvalue weighted by molar-refractivity contribution is -0.156. The number of methoxy groups -OCH3 is 1. The van der Waals surface area contributed by atoms with Gasteiger partial charge >= 0.3 is 5.97 Å². The van der Waals surface area contributed by atoms with Crippen molar-refractivity contribution in [1.82, 2.24) is 0 Å². The summed E-state index contributed by atoms with van der Waals surface area (Å²) in [6.45, 7) is 0. The lowest BCUT2D eigenvalue weighted by atomic mass is 10.0. The van der Waals surface area contributed by atoms with Crippen molar-refractivity contribution >= 4 is 17.6 Å². The standard InChI is InChI=1S/C10H11ClO4/c1-15-10(14)9(13)8(12)6-2-4-7(11)5-3-6/h2-5,8-9,12-13H,1H3. The number of ether oxygens (including phenoxy) is 1. The molecule has 15 heavy (non-hydrogen) atoms. The summed E-state index contributed by atoms with van der Waals surface area (Å²) in [5.41, 5.74) is 0.400. The molecule has 0 saturated carbocycles. The van der Waals surface area contributed by atoms with E-state index in [1.54, 1.807) is 12.1 Å². The molecule has 0 spiro atoms. The molecule has 0 heterocycles. The Morgan fingerprint density at radius 3 is 2.33 bits per heavy atom. The average Bonchev–Trinajstić information content (AvgIpc) is 2.27. The lowest BCUT2D eigenvalue weighted by Gasteiger charge is -2.15. The third-order valence-electron chi connectivity index (χ3n) is 1.95. The topological polar surface area (TPSA) is 66.8 Å². The van der Waals surface area contributed by atoms with Crippen molar-refractivity contribution in [1.29, 1.82) is 0 Å². The molecule has 2 N–H and O–H groups in total. The highest BCUT2D eigenvalue weighted by molar-refractivity contribution is 6.30. The van der Waals surface area contributed by atoms with Gasteiger partial charge in [0, 0.05) is 5.02 Å². The average molecular weight is 231 g/mol. The first-order valence-electron chi connectivity index (χ1n) is 4.25. The third-order valence-corrected chi connectivity index (χ3v) is 2.21. The minimum Gasteiger partial charge on any atom is -0.467 e. The van der Waals surface area contributed by atoms with Crippen molar-refractivity contribution in [3.63, 3.8) is 0 Å². The highest BCUT2D eigenvalue weighted by Crippen LogP contribution is 2.19. The molecule has 0 bridgehead atoms. The molecule has 4 nitrogen and oxygen atoms in total. The van der Waals surface area contributed by atoms with Gasteiger partial charge in [0.15, 0.2) is 6.10 Å². The van der Waals surface area contributed by atoms with Crippen molar-refractivity contribution in [3.05, 3.63) is 34.9 Å². The molecule has 0 aliphatic carbocycles. The maximum atomic E-state index is 10.9. The van der Waals surface area contributed by atoms with E-state index in [4.69, 9.17) is 11.6 Å². The van der Waals surface area contributed by atoms with Crippen molar-refractivity contribution in [3.8, 4) is 0 Å². The summed E-state index contributed by atoms with van der Waals surface area (Å²) in [7, 11) is 1.14. The monoisotopic (exact) mass is 230 g/mol. The quantitative estimate of drug-likeness (QED) is 0.758. The number of hydrogen-bond acceptors (Lipinski definition) is 4. The minimum absolute atomic E-state index is 0.400. The number of aliphatic hydroxyl groups is 2. The fourth-order valence-electron chi connectivity index (χ4n) is 1.09. The van der Waals surface area contributed by atoms with Crippen LogP contribution in [0.1, 0.15) is 11.7 Å². The van der Waals surface area contributed by atoms with Crippen LogP contribution >= 0.6 is 11.6 Å². The van der Waals surface area contributed by atoms with E-state index in [1.807, 2.05) is 0 Å². The van der Waals surface area contributed by atoms with Crippen molar-refractivity contribution in [2.24, 2.45) is 0 Å². The number of benzene rings is 1. The van der Waals surface area contributed by atoms with Gasteiger partial charge in [-0.3, -0.25) is 0 Å². The molecule has 0 aliphatic heterocycles. The predicted molar refractivity (Wildman–Crippen MR) is 54.4 cm³/mol. The van der Waals surface area contributed by atoms with Crippen molar-refractivity contribution < 1.29 is 19.7 Å². The fraction of sp³-hybridized carbons (Fsp3) is 0.300. The molecule has 2 unspecified atom stereocenters. The van der Waals surface area contributed by atoms with Crippen molar-refractivity contribution in [2.45, 2.75) is 12.2 Å². The Balaban J connectivity index is 2.80. The lowest BCUT2D eigenvalue weighted by Crippen LogP contribution is -2.28. The summed E-state index contributed by atoms with van der Waals surface area (Å²) >= 11 is 5.65. The number of rotatable bonds is 3. The SMILES string of the molecule is COC(=O)C(O)C(O)c1ccc(Cl)cc1. The second kappa shape index (κ2) is 5.11. The van der Waals surface area contributed by atoms with Gasteiger partial charge < -0.3 is 14.9 Å². The number of carbonyl (C=O) groups excluding carboxylic acids is 1. The van der Waals surface area contributed by atoms with Crippen molar-refractivity contribution in [2.75, 3.05) is 7.11 Å². The first-order chi connectivity index (χ1) is 7.06. The van der Waals surface area contributed by atoms with Crippen LogP contribution in [0, 0.1) is 0 Å². The van der Waals surface area contributed by atoms with Gasteiger partial charge in [-0.2, -0.15) is 0 Å². The summed E-state index contributed by atoms with van der Waals surface area (Å²) in [4.78, 5) is 10.9. The van der Waals surface area contributed by atoms with Gasteiger partial charge in [-0.25, -0.2) is 4.79 Å². The van der Waals surface area contributed by atoms with Crippen LogP contribution in [0.25, 0.3) is 0 Å². The van der Waals surface area contributed by atoms with Crippen LogP contribution in [0.5, 0.6) is 0 Å². The summed E-state index contributed by atoms with van der Waals surface area (Å²) in [6, 6.07) is 6.17. The van der Waals surface area contributed by atoms with Gasteiger partial charge in [0.1, 0.15) is 6.10 Å². The maximum Gasteiger partial charge on any atom is 0.337 e. The Labute approximate surface area is 92.1 Å². The van der Waals surface area contributed by atoms with E-state index in [2.05, 4.69) is 4.74 Å². The second-order valence-electron chi connectivity index (χ2n) is 2.96. The number of aliphatic hydroxyl groups excluding tert-OH is 2. The van der Waals surface area contributed by atoms with Crippen LogP contribution in [-0.4, -0.2) is 29.4 Å². The molecule has 2 atom stereocenters. The predicted octanol–water partition coefficient (Wildman–Crippen LogP) is 0.907. The normalized spacial score (nSPS) is 14.4. The van der Waals surface area contributed by atoms with Gasteiger partial charge in [0.25, 0.3) is 0 Å². The van der Waals surface area contributed by atoms with E-state index in [9.17, 15) is 15.0 Å². The minimum atomic E-state index is -1.59. The molecular formula is C10H11ClO4. The zero-order valence-electron chi connectivity index (χ0n) is 8.05. The molecular weight excluding hydrogens is 220 g/mol. The highest BCUT2D eigenvalue weighted by atomic mass is 35.5. The molecule has 0 aliphatic rings. The van der Waals surface area contributed by atoms with Crippen LogP contribution in [0.4, 0.5) is 0 Å². The second-order valence-corrected chi connectivity index (χ2v) is 3.40. The van der Waals surface area contributed by atoms with Crippen LogP contribution in [0.3, 0.4) is 0 Å². The van der Waals surface area contributed by atoms with Crippen LogP contribution < -0.4 is 0 Å². The largest absolute Gasteiger partial charge is 0.467 e. The zero-order chi connectivity index (χ0) is 11.4. The molecule has 0 aromatic heterocycles. The summed E-state index contributed by atoms with van der Waals surface area (Å²) in [6.07, 6.45) is -2.90. The van der Waals surface area contributed by atoms with E-state index in [0.717, 1.165) is 7.11 Å². The molecule has 0 fully saturated rings. The Hall–Kier alpha value is -1.10. The fourth-order valence-corrected chi connectivity index (χ4v) is 1.22. The number of halogens is 1. The molecule has 0 saturated heterocycles. The first kappa shape index (κ1) is 12.0. The van der Waals surface area contributed by atoms with Crippen LogP contribution in [0.2, 0.25) is 5.02 Å². The third kappa shape index (κ3) is 2.92. The zero-order valence-corrected chi connectivity index (χ0v) is 8.81. The molecule has 1 aromatic carbocycles. The summed E-state index contributed by atoms with van der Waals surface area (Å²) in [5.74, 6) is -0.877. The number of hydrogen-bond donors (Lipinski definition) is 2. The number of esters is 1. The van der Waals surface area contributed by atoms with Crippen LogP contribution in [-0.2, 0) is 9.53 Å². The molecule has 0 amide bonds. The molecule has 82 valence electrons. The van der Waals surface area contributed by atoms with Gasteiger partial charge in [-0.05, 0) is 17.7 Å². The molecule has 1 rings (SSSR count). The smallest absolute Gasteiger partial charge is 0.337 e. The summed E-state index contributed by atoms with van der Waals surface area (Å²) in [5, 5.41) is 19.5. The van der Waals surface area contributed by atoms with Gasteiger partial charge in [0.2, 0.25) is 0 Å². The van der Waals surface area contributed by atoms with E-state index in [0.29, 0.717) is 10.6 Å². The van der Waals surface area contributed by atoms with Gasteiger partial charge in [0.05, 0.1) is 7.11 Å². The Kier molecular flexibility index (Phi) is 4.08. The molecule has 1 aromatic rings. The molecule has 0 radical (unpaired) electrons. The Morgan fingerprint density at radius 1 is 1.33 bits per heavy atom.